The fourth-order valence-corrected chi connectivity index (χ4v) is 2.99. The van der Waals surface area contributed by atoms with Crippen molar-refractivity contribution in [2.45, 2.75) is 26.2 Å². The summed E-state index contributed by atoms with van der Waals surface area (Å²) >= 11 is 0. The van der Waals surface area contributed by atoms with E-state index in [4.69, 9.17) is 9.47 Å². The lowest BCUT2D eigenvalue weighted by molar-refractivity contribution is 0.285. The molecular formula is C20H21N5O2. The van der Waals surface area contributed by atoms with Crippen LogP contribution in [-0.2, 0) is 0 Å². The molecule has 1 fully saturated rings. The van der Waals surface area contributed by atoms with Crippen molar-refractivity contribution in [2.24, 2.45) is 5.92 Å². The minimum Gasteiger partial charge on any atom is -0.495 e. The van der Waals surface area contributed by atoms with Gasteiger partial charge in [0, 0.05) is 23.7 Å². The second-order valence-electron chi connectivity index (χ2n) is 6.73. The molecule has 138 valence electrons. The molecule has 4 rings (SSSR count). The van der Waals surface area contributed by atoms with Crippen LogP contribution in [0.15, 0.2) is 36.7 Å². The lowest BCUT2D eigenvalue weighted by Gasteiger charge is -2.10. The molecule has 2 unspecified atom stereocenters. The number of aromatic nitrogens is 5. The third kappa shape index (κ3) is 3.86. The number of hydrogen-bond donors (Lipinski definition) is 0. The number of methoxy groups -OCH3 is 1. The van der Waals surface area contributed by atoms with Crippen molar-refractivity contribution in [3.63, 3.8) is 0 Å². The van der Waals surface area contributed by atoms with E-state index >= 15 is 0 Å². The summed E-state index contributed by atoms with van der Waals surface area (Å²) in [5.41, 5.74) is 3.41. The first-order valence-electron chi connectivity index (χ1n) is 8.91. The van der Waals surface area contributed by atoms with Crippen molar-refractivity contribution in [3.05, 3.63) is 53.9 Å². The Labute approximate surface area is 157 Å². The van der Waals surface area contributed by atoms with Crippen molar-refractivity contribution in [2.75, 3.05) is 13.7 Å². The predicted molar refractivity (Wildman–Crippen MR) is 99.7 cm³/mol. The van der Waals surface area contributed by atoms with E-state index in [2.05, 4.69) is 25.1 Å². The first-order valence-corrected chi connectivity index (χ1v) is 8.91. The molecule has 0 N–H and O–H groups in total. The van der Waals surface area contributed by atoms with Gasteiger partial charge in [0.1, 0.15) is 11.6 Å². The normalized spacial score (nSPS) is 18.2. The van der Waals surface area contributed by atoms with Crippen LogP contribution in [0, 0.1) is 19.8 Å². The third-order valence-electron chi connectivity index (χ3n) is 4.68. The van der Waals surface area contributed by atoms with Gasteiger partial charge in [-0.05, 0) is 44.5 Å². The largest absolute Gasteiger partial charge is 0.495 e. The molecule has 3 aromatic rings. The number of hydrogen-bond acceptors (Lipinski definition) is 7. The van der Waals surface area contributed by atoms with E-state index in [1.54, 1.807) is 19.5 Å². The maximum absolute atomic E-state index is 6.05. The summed E-state index contributed by atoms with van der Waals surface area (Å²) in [5, 5.41) is 8.34. The number of ether oxygens (including phenoxy) is 2. The van der Waals surface area contributed by atoms with Crippen LogP contribution < -0.4 is 9.47 Å². The molecule has 1 aliphatic carbocycles. The van der Waals surface area contributed by atoms with Crippen LogP contribution in [0.5, 0.6) is 11.6 Å². The second kappa shape index (κ2) is 7.26. The van der Waals surface area contributed by atoms with Crippen molar-refractivity contribution in [1.29, 1.82) is 0 Å². The predicted octanol–water partition coefficient (Wildman–Crippen LogP) is 3.14. The summed E-state index contributed by atoms with van der Waals surface area (Å²) in [6.45, 7) is 4.33. The zero-order valence-electron chi connectivity index (χ0n) is 15.6. The highest BCUT2D eigenvalue weighted by atomic mass is 16.5. The van der Waals surface area contributed by atoms with E-state index in [0.717, 1.165) is 29.1 Å². The van der Waals surface area contributed by atoms with Gasteiger partial charge in [-0.3, -0.25) is 4.98 Å². The molecule has 7 heteroatoms. The van der Waals surface area contributed by atoms with Crippen molar-refractivity contribution in [1.82, 2.24) is 25.1 Å². The van der Waals surface area contributed by atoms with Gasteiger partial charge >= 0.3 is 0 Å². The van der Waals surface area contributed by atoms with Gasteiger partial charge < -0.3 is 9.47 Å². The van der Waals surface area contributed by atoms with Gasteiger partial charge in [-0.25, -0.2) is 4.98 Å². The molecule has 2 atom stereocenters. The SMILES string of the molecule is COc1ccc(C2CC2COc2nc(C)ncc2-c2ccc(C)nn2)nc1. The number of nitrogens with zero attached hydrogens (tertiary/aromatic N) is 5. The quantitative estimate of drug-likeness (QED) is 0.665. The van der Waals surface area contributed by atoms with E-state index in [-0.39, 0.29) is 0 Å². The second-order valence-corrected chi connectivity index (χ2v) is 6.73. The summed E-state index contributed by atoms with van der Waals surface area (Å²) in [5.74, 6) is 2.83. The molecule has 0 bridgehead atoms. The van der Waals surface area contributed by atoms with Crippen LogP contribution in [-0.4, -0.2) is 38.9 Å². The minimum absolute atomic E-state index is 0.418. The lowest BCUT2D eigenvalue weighted by Crippen LogP contribution is -2.06. The highest BCUT2D eigenvalue weighted by Crippen LogP contribution is 2.47. The van der Waals surface area contributed by atoms with E-state index in [9.17, 15) is 0 Å². The van der Waals surface area contributed by atoms with Crippen LogP contribution in [0.1, 0.15) is 29.6 Å². The van der Waals surface area contributed by atoms with Gasteiger partial charge in [0.05, 0.1) is 36.9 Å². The van der Waals surface area contributed by atoms with Crippen molar-refractivity contribution in [3.8, 4) is 22.9 Å². The Hall–Kier alpha value is -3.09. The van der Waals surface area contributed by atoms with Gasteiger partial charge in [-0.1, -0.05) is 0 Å². The molecule has 0 aromatic carbocycles. The average molecular weight is 363 g/mol. The van der Waals surface area contributed by atoms with Crippen LogP contribution in [0.4, 0.5) is 0 Å². The summed E-state index contributed by atoms with van der Waals surface area (Å²) in [4.78, 5) is 13.2. The Morgan fingerprint density at radius 1 is 1.04 bits per heavy atom. The maximum Gasteiger partial charge on any atom is 0.226 e. The van der Waals surface area contributed by atoms with E-state index in [0.29, 0.717) is 35.8 Å². The van der Waals surface area contributed by atoms with E-state index in [1.165, 1.54) is 0 Å². The topological polar surface area (TPSA) is 82.9 Å². The molecule has 1 aliphatic rings. The number of pyridine rings is 1. The minimum atomic E-state index is 0.418. The third-order valence-corrected chi connectivity index (χ3v) is 4.68. The van der Waals surface area contributed by atoms with Crippen LogP contribution in [0.3, 0.4) is 0 Å². The highest BCUT2D eigenvalue weighted by Gasteiger charge is 2.40. The molecule has 3 heterocycles. The fourth-order valence-electron chi connectivity index (χ4n) is 2.99. The molecule has 27 heavy (non-hydrogen) atoms. The first kappa shape index (κ1) is 17.3. The maximum atomic E-state index is 6.05. The Morgan fingerprint density at radius 3 is 2.63 bits per heavy atom. The highest BCUT2D eigenvalue weighted by molar-refractivity contribution is 5.63. The Bertz CT molecular complexity index is 928. The zero-order valence-corrected chi connectivity index (χ0v) is 15.6. The molecular weight excluding hydrogens is 342 g/mol. The Morgan fingerprint density at radius 2 is 1.93 bits per heavy atom. The number of rotatable bonds is 6. The molecule has 0 radical (unpaired) electrons. The standard InChI is InChI=1S/C20H21N5O2/c1-12-4-6-19(25-24-12)17-10-21-13(2)23-20(17)27-11-14-8-16(14)18-7-5-15(26-3)9-22-18/h4-7,9-10,14,16H,8,11H2,1-3H3. The van der Waals surface area contributed by atoms with Crippen LogP contribution in [0.2, 0.25) is 0 Å². The average Bonchev–Trinajstić information content (AvgIpc) is 3.47. The van der Waals surface area contributed by atoms with Gasteiger partial charge in [0.25, 0.3) is 0 Å². The summed E-state index contributed by atoms with van der Waals surface area (Å²) in [7, 11) is 1.64. The Balaban J connectivity index is 1.45. The monoisotopic (exact) mass is 363 g/mol. The van der Waals surface area contributed by atoms with E-state index in [1.807, 2.05) is 38.1 Å². The molecule has 0 amide bonds. The lowest BCUT2D eigenvalue weighted by atomic mass is 10.2. The summed E-state index contributed by atoms with van der Waals surface area (Å²) < 4.78 is 11.2. The molecule has 1 saturated carbocycles. The van der Waals surface area contributed by atoms with Gasteiger partial charge in [-0.15, -0.1) is 0 Å². The van der Waals surface area contributed by atoms with Gasteiger partial charge in [-0.2, -0.15) is 15.2 Å². The summed E-state index contributed by atoms with van der Waals surface area (Å²) in [6.07, 6.45) is 4.56. The van der Waals surface area contributed by atoms with Crippen molar-refractivity contribution < 1.29 is 9.47 Å². The molecule has 0 saturated heterocycles. The molecule has 0 spiro atoms. The summed E-state index contributed by atoms with van der Waals surface area (Å²) in [6, 6.07) is 7.79. The van der Waals surface area contributed by atoms with Crippen LogP contribution >= 0.6 is 0 Å². The van der Waals surface area contributed by atoms with Crippen molar-refractivity contribution >= 4 is 0 Å². The van der Waals surface area contributed by atoms with Crippen LogP contribution in [0.25, 0.3) is 11.3 Å². The fraction of sp³-hybridized carbons (Fsp3) is 0.350. The first-order chi connectivity index (χ1) is 13.1. The van der Waals surface area contributed by atoms with E-state index < -0.39 is 0 Å². The smallest absolute Gasteiger partial charge is 0.226 e. The molecule has 3 aromatic heterocycles. The Kier molecular flexibility index (Phi) is 4.66. The molecule has 0 aliphatic heterocycles. The van der Waals surface area contributed by atoms with Gasteiger partial charge in [0.15, 0.2) is 0 Å². The zero-order chi connectivity index (χ0) is 18.8. The number of aryl methyl sites for hydroxylation is 2. The van der Waals surface area contributed by atoms with Gasteiger partial charge in [0.2, 0.25) is 5.88 Å². The molecule has 7 nitrogen and oxygen atoms in total.